The molecule has 1 aromatic rings. The van der Waals surface area contributed by atoms with Gasteiger partial charge in [-0.05, 0) is 68.7 Å². The molecule has 0 radical (unpaired) electrons. The van der Waals surface area contributed by atoms with E-state index in [0.717, 1.165) is 11.5 Å². The minimum absolute atomic E-state index is 0.0699. The largest absolute Gasteiger partial charge is 0.483 e. The molecule has 3 spiro atoms. The van der Waals surface area contributed by atoms with Gasteiger partial charge in [0.25, 0.3) is 5.91 Å². The number of fused-ring (bicyclic) bond motifs is 5. The first-order valence-corrected chi connectivity index (χ1v) is 12.2. The minimum atomic E-state index is -1.15. The molecule has 5 fully saturated rings. The lowest BCUT2D eigenvalue weighted by Crippen LogP contribution is -2.81. The van der Waals surface area contributed by atoms with Crippen LogP contribution in [0, 0.1) is 11.3 Å². The van der Waals surface area contributed by atoms with Gasteiger partial charge in [0.15, 0.2) is 0 Å². The summed E-state index contributed by atoms with van der Waals surface area (Å²) in [5.41, 5.74) is -2.51. The van der Waals surface area contributed by atoms with Crippen LogP contribution < -0.4 is 15.1 Å². The van der Waals surface area contributed by atoms with Gasteiger partial charge in [-0.3, -0.25) is 19.6 Å². The predicted molar refractivity (Wildman–Crippen MR) is 122 cm³/mol. The number of hydrogen-bond acceptors (Lipinski definition) is 5. The van der Waals surface area contributed by atoms with Crippen molar-refractivity contribution in [1.29, 1.82) is 0 Å². The SMILES string of the molecule is CC1(C)C=Cc2c(ccc3c2N(O)C(=O)[C@]32C[C@@]34NC(=O)[C@]5(CCCN5C3=O)C[C@H]4C2(C)C)O1. The van der Waals surface area contributed by atoms with Crippen molar-refractivity contribution in [2.45, 2.75) is 75.5 Å². The fourth-order valence-corrected chi connectivity index (χ4v) is 8.34. The Kier molecular flexibility index (Phi) is 3.32. The van der Waals surface area contributed by atoms with E-state index in [1.165, 1.54) is 0 Å². The molecule has 8 rings (SSSR count). The number of rotatable bonds is 0. The van der Waals surface area contributed by atoms with Gasteiger partial charge >= 0.3 is 0 Å². The number of anilines is 1. The number of piperidine rings is 2. The molecule has 4 atom stereocenters. The van der Waals surface area contributed by atoms with E-state index in [0.29, 0.717) is 42.0 Å². The number of ether oxygens (including phenoxy) is 1. The van der Waals surface area contributed by atoms with Crippen LogP contribution in [0.4, 0.5) is 5.69 Å². The Balaban J connectivity index is 1.46. The summed E-state index contributed by atoms with van der Waals surface area (Å²) in [6.07, 6.45) is 5.98. The third-order valence-electron chi connectivity index (χ3n) is 9.96. The Hall–Kier alpha value is -2.87. The number of carbonyl (C=O) groups is 3. The van der Waals surface area contributed by atoms with E-state index >= 15 is 0 Å². The van der Waals surface area contributed by atoms with Crippen LogP contribution >= 0.6 is 0 Å². The van der Waals surface area contributed by atoms with Crippen LogP contribution in [0.15, 0.2) is 18.2 Å². The molecule has 1 aromatic carbocycles. The monoisotopic (exact) mass is 463 g/mol. The second-order valence-electron chi connectivity index (χ2n) is 12.1. The molecule has 3 amide bonds. The van der Waals surface area contributed by atoms with E-state index in [4.69, 9.17) is 4.74 Å². The van der Waals surface area contributed by atoms with Gasteiger partial charge in [0.2, 0.25) is 11.8 Å². The average Bonchev–Trinajstić information content (AvgIpc) is 3.36. The number of hydrogen-bond donors (Lipinski definition) is 2. The molecular weight excluding hydrogens is 434 g/mol. The third kappa shape index (κ3) is 1.87. The van der Waals surface area contributed by atoms with Crippen molar-refractivity contribution in [3.63, 3.8) is 0 Å². The van der Waals surface area contributed by atoms with Crippen LogP contribution in [-0.2, 0) is 19.8 Å². The van der Waals surface area contributed by atoms with Crippen molar-refractivity contribution < 1.29 is 24.3 Å². The van der Waals surface area contributed by atoms with Crippen molar-refractivity contribution >= 4 is 29.5 Å². The van der Waals surface area contributed by atoms with Gasteiger partial charge in [-0.25, -0.2) is 0 Å². The smallest absolute Gasteiger partial charge is 0.262 e. The number of carbonyl (C=O) groups excluding carboxylic acids is 3. The Morgan fingerprint density at radius 1 is 1.12 bits per heavy atom. The molecule has 1 aliphatic carbocycles. The molecule has 2 bridgehead atoms. The van der Waals surface area contributed by atoms with Gasteiger partial charge in [0.1, 0.15) is 22.4 Å². The number of nitrogens with one attached hydrogen (secondary N) is 1. The molecule has 178 valence electrons. The Morgan fingerprint density at radius 3 is 2.65 bits per heavy atom. The van der Waals surface area contributed by atoms with Gasteiger partial charge in [-0.1, -0.05) is 19.9 Å². The lowest BCUT2D eigenvalue weighted by atomic mass is 9.57. The molecular formula is C26H29N3O5. The summed E-state index contributed by atoms with van der Waals surface area (Å²) in [5, 5.41) is 15.1. The molecule has 8 heteroatoms. The minimum Gasteiger partial charge on any atom is -0.483 e. The van der Waals surface area contributed by atoms with Crippen molar-refractivity contribution in [3.8, 4) is 5.75 Å². The van der Waals surface area contributed by atoms with Crippen molar-refractivity contribution in [3.05, 3.63) is 29.3 Å². The zero-order valence-corrected chi connectivity index (χ0v) is 19.9. The first kappa shape index (κ1) is 20.5. The maximum atomic E-state index is 14.0. The average molecular weight is 464 g/mol. The summed E-state index contributed by atoms with van der Waals surface area (Å²) in [7, 11) is 0. The van der Waals surface area contributed by atoms with E-state index in [9.17, 15) is 19.6 Å². The summed E-state index contributed by atoms with van der Waals surface area (Å²) < 4.78 is 6.10. The zero-order chi connectivity index (χ0) is 24.1. The molecule has 4 saturated heterocycles. The highest BCUT2D eigenvalue weighted by Gasteiger charge is 2.81. The maximum absolute atomic E-state index is 14.0. The van der Waals surface area contributed by atoms with E-state index < -0.39 is 33.4 Å². The number of piperazine rings is 1. The van der Waals surface area contributed by atoms with Crippen LogP contribution in [0.25, 0.3) is 6.08 Å². The molecule has 8 nitrogen and oxygen atoms in total. The summed E-state index contributed by atoms with van der Waals surface area (Å²) in [5.74, 6) is -0.217. The highest BCUT2D eigenvalue weighted by molar-refractivity contribution is 6.13. The second-order valence-corrected chi connectivity index (χ2v) is 12.1. The van der Waals surface area contributed by atoms with Gasteiger partial charge in [-0.2, -0.15) is 5.06 Å². The Labute approximate surface area is 197 Å². The molecule has 7 aliphatic rings. The van der Waals surface area contributed by atoms with Gasteiger partial charge in [0, 0.05) is 18.0 Å². The third-order valence-corrected chi connectivity index (χ3v) is 9.96. The Morgan fingerprint density at radius 2 is 1.88 bits per heavy atom. The molecule has 34 heavy (non-hydrogen) atoms. The maximum Gasteiger partial charge on any atom is 0.262 e. The predicted octanol–water partition coefficient (Wildman–Crippen LogP) is 2.52. The van der Waals surface area contributed by atoms with Gasteiger partial charge in [-0.15, -0.1) is 0 Å². The fraction of sp³-hybridized carbons (Fsp3) is 0.577. The molecule has 1 saturated carbocycles. The quantitative estimate of drug-likeness (QED) is 0.576. The number of hydroxylamine groups is 1. The summed E-state index contributed by atoms with van der Waals surface area (Å²) in [6, 6.07) is 3.73. The van der Waals surface area contributed by atoms with Gasteiger partial charge < -0.3 is 15.0 Å². The zero-order valence-electron chi connectivity index (χ0n) is 19.9. The van der Waals surface area contributed by atoms with Crippen LogP contribution in [0.1, 0.15) is 64.5 Å². The summed E-state index contributed by atoms with van der Waals surface area (Å²) >= 11 is 0. The van der Waals surface area contributed by atoms with E-state index in [-0.39, 0.29) is 24.2 Å². The van der Waals surface area contributed by atoms with Crippen molar-refractivity contribution in [1.82, 2.24) is 10.2 Å². The second kappa shape index (κ2) is 5.51. The van der Waals surface area contributed by atoms with E-state index in [2.05, 4.69) is 5.32 Å². The number of amides is 3. The van der Waals surface area contributed by atoms with Gasteiger partial charge in [0.05, 0.1) is 11.1 Å². The normalized spacial score (nSPS) is 39.7. The van der Waals surface area contributed by atoms with E-state index in [1.54, 1.807) is 4.90 Å². The lowest BCUT2D eigenvalue weighted by molar-refractivity contribution is -0.175. The summed E-state index contributed by atoms with van der Waals surface area (Å²) in [6.45, 7) is 8.53. The molecule has 0 aromatic heterocycles. The van der Waals surface area contributed by atoms with Crippen LogP contribution in [0.2, 0.25) is 0 Å². The topological polar surface area (TPSA) is 99.2 Å². The highest BCUT2D eigenvalue weighted by Crippen LogP contribution is 2.71. The summed E-state index contributed by atoms with van der Waals surface area (Å²) in [4.78, 5) is 43.1. The van der Waals surface area contributed by atoms with Crippen LogP contribution in [-0.4, -0.2) is 51.1 Å². The number of benzene rings is 1. The first-order valence-electron chi connectivity index (χ1n) is 12.2. The molecule has 0 unspecified atom stereocenters. The van der Waals surface area contributed by atoms with Crippen LogP contribution in [0.3, 0.4) is 0 Å². The molecule has 6 aliphatic heterocycles. The molecule has 6 heterocycles. The standard InChI is InChI=1S/C26H29N3O5/c1-22(2)10-8-14-16(34-22)7-6-15-18(14)29(33)20(31)25(15)13-26-17(23(25,3)4)12-24(19(30)27-26)9-5-11-28(24)21(26)32/h6-8,10,17,33H,5,9,11-13H2,1-4H3,(H,27,30)/t17-,24-,25-,26-/m0/s1. The Bertz CT molecular complexity index is 1270. The van der Waals surface area contributed by atoms with E-state index in [1.807, 2.05) is 52.0 Å². The fourth-order valence-electron chi connectivity index (χ4n) is 8.34. The number of nitrogens with zero attached hydrogens (tertiary/aromatic N) is 2. The highest BCUT2D eigenvalue weighted by atomic mass is 16.5. The van der Waals surface area contributed by atoms with Crippen molar-refractivity contribution in [2.24, 2.45) is 11.3 Å². The van der Waals surface area contributed by atoms with Crippen LogP contribution in [0.5, 0.6) is 5.75 Å². The van der Waals surface area contributed by atoms with Crippen molar-refractivity contribution in [2.75, 3.05) is 11.6 Å². The molecule has 2 N–H and O–H groups in total. The first-order chi connectivity index (χ1) is 15.9. The lowest BCUT2D eigenvalue weighted by Gasteiger charge is -2.59.